The lowest BCUT2D eigenvalue weighted by Gasteiger charge is -2.04. The average Bonchev–Trinajstić information content (AvgIpc) is 3.11. The van der Waals surface area contributed by atoms with Crippen LogP contribution in [-0.4, -0.2) is 33.7 Å². The quantitative estimate of drug-likeness (QED) is 0.0416. The normalized spacial score (nSPS) is 10.5. The van der Waals surface area contributed by atoms with Crippen LogP contribution in [0.2, 0.25) is 0 Å². The second-order valence-corrected chi connectivity index (χ2v) is 15.5. The Morgan fingerprint density at radius 3 is 0.784 bits per heavy atom. The van der Waals surface area contributed by atoms with Crippen LogP contribution in [0, 0.1) is 6.92 Å². The molecule has 6 heteroatoms. The van der Waals surface area contributed by atoms with Crippen molar-refractivity contribution in [2.45, 2.75) is 226 Å². The molecular formula is C45H86N2O2S2. The van der Waals surface area contributed by atoms with E-state index in [1.807, 2.05) is 18.2 Å². The third-order valence-corrected chi connectivity index (χ3v) is 9.84. The minimum Gasteiger partial charge on any atom is -0.487 e. The van der Waals surface area contributed by atoms with E-state index in [9.17, 15) is 0 Å². The molecule has 1 aromatic carbocycles. The van der Waals surface area contributed by atoms with Crippen LogP contribution in [-0.2, 0) is 0 Å². The maximum Gasteiger partial charge on any atom is 0.254 e. The first-order valence-corrected chi connectivity index (χ1v) is 22.7. The fourth-order valence-corrected chi connectivity index (χ4v) is 6.48. The first-order chi connectivity index (χ1) is 24.9. The van der Waals surface area contributed by atoms with Gasteiger partial charge in [0.15, 0.2) is 0 Å². The van der Waals surface area contributed by atoms with Gasteiger partial charge in [-0.2, -0.15) is 0 Å². The molecular weight excluding hydrogens is 665 g/mol. The number of thiocarbonyl (C=S) groups is 2. The molecule has 0 unspecified atom stereocenters. The molecule has 0 fully saturated rings. The van der Waals surface area contributed by atoms with Gasteiger partial charge >= 0.3 is 0 Å². The standard InChI is InChI=1S/2C19H39NOS.C7H8/c2*1-2-3-4-5-6-7-8-9-10-11-12-13-14-15-16-17-18-20-19(21)22;1-7-5-3-2-4-6-7/h2*2-18H2,1H3,(H2,20,21,22);2-6H,1H3. The Kier molecular flexibility index (Phi) is 47.3. The fourth-order valence-electron chi connectivity index (χ4n) is 6.27. The second kappa shape index (κ2) is 46.6. The molecule has 0 bridgehead atoms. The number of aliphatic hydroxyl groups is 2. The Morgan fingerprint density at radius 2 is 0.608 bits per heavy atom. The predicted octanol–water partition coefficient (Wildman–Crippen LogP) is 15.4. The van der Waals surface area contributed by atoms with Crippen molar-refractivity contribution in [3.05, 3.63) is 35.9 Å². The third kappa shape index (κ3) is 53.1. The van der Waals surface area contributed by atoms with E-state index in [0.29, 0.717) is 0 Å². The highest BCUT2D eigenvalue weighted by Gasteiger charge is 1.97. The highest BCUT2D eigenvalue weighted by Crippen LogP contribution is 2.15. The Balaban J connectivity index is 0. The molecule has 1 rings (SSSR count). The first-order valence-electron chi connectivity index (χ1n) is 21.9. The summed E-state index contributed by atoms with van der Waals surface area (Å²) in [5, 5.41) is 23.0. The van der Waals surface area contributed by atoms with E-state index in [4.69, 9.17) is 10.2 Å². The molecule has 300 valence electrons. The van der Waals surface area contributed by atoms with Gasteiger partial charge in [0.05, 0.1) is 0 Å². The summed E-state index contributed by atoms with van der Waals surface area (Å²) in [6.07, 6.45) is 44.4. The Bertz CT molecular complexity index is 761. The zero-order chi connectivity index (χ0) is 37.7. The van der Waals surface area contributed by atoms with E-state index < -0.39 is 0 Å². The van der Waals surface area contributed by atoms with Crippen molar-refractivity contribution >= 4 is 34.8 Å². The summed E-state index contributed by atoms with van der Waals surface area (Å²) in [5.74, 6) is 0. The van der Waals surface area contributed by atoms with Crippen molar-refractivity contribution in [1.82, 2.24) is 10.6 Å². The van der Waals surface area contributed by atoms with E-state index in [1.165, 1.54) is 198 Å². The van der Waals surface area contributed by atoms with Gasteiger partial charge in [0.25, 0.3) is 10.3 Å². The summed E-state index contributed by atoms with van der Waals surface area (Å²) in [4.78, 5) is 0. The van der Waals surface area contributed by atoms with Gasteiger partial charge in [-0.3, -0.25) is 0 Å². The highest BCUT2D eigenvalue weighted by molar-refractivity contribution is 7.80. The second-order valence-electron chi connectivity index (χ2n) is 14.7. The number of unbranched alkanes of at least 4 members (excludes halogenated alkanes) is 30. The Labute approximate surface area is 329 Å². The van der Waals surface area contributed by atoms with Crippen LogP contribution in [0.25, 0.3) is 0 Å². The first kappa shape index (κ1) is 51.7. The largest absolute Gasteiger partial charge is 0.487 e. The fraction of sp³-hybridized carbons (Fsp3) is 0.822. The summed E-state index contributed by atoms with van der Waals surface area (Å²) in [6.45, 7) is 8.27. The van der Waals surface area contributed by atoms with Crippen molar-refractivity contribution in [3.8, 4) is 0 Å². The smallest absolute Gasteiger partial charge is 0.254 e. The van der Waals surface area contributed by atoms with Crippen LogP contribution in [0.15, 0.2) is 30.3 Å². The van der Waals surface area contributed by atoms with Gasteiger partial charge in [0, 0.05) is 13.1 Å². The minimum atomic E-state index is -0.0686. The molecule has 0 atom stereocenters. The molecule has 51 heavy (non-hydrogen) atoms. The monoisotopic (exact) mass is 751 g/mol. The molecule has 4 N–H and O–H groups in total. The lowest BCUT2D eigenvalue weighted by Crippen LogP contribution is -2.21. The van der Waals surface area contributed by atoms with Gasteiger partial charge in [-0.05, 0) is 44.2 Å². The number of hydrogen-bond donors (Lipinski definition) is 4. The number of aliphatic hydroxyl groups excluding tert-OH is 2. The van der Waals surface area contributed by atoms with Crippen molar-refractivity contribution in [2.75, 3.05) is 13.1 Å². The molecule has 0 heterocycles. The average molecular weight is 751 g/mol. The van der Waals surface area contributed by atoms with Crippen LogP contribution in [0.5, 0.6) is 0 Å². The zero-order valence-electron chi connectivity index (χ0n) is 34.1. The molecule has 0 aliphatic heterocycles. The lowest BCUT2D eigenvalue weighted by molar-refractivity contribution is 0.514. The van der Waals surface area contributed by atoms with Crippen LogP contribution < -0.4 is 10.6 Å². The van der Waals surface area contributed by atoms with E-state index in [0.717, 1.165) is 25.9 Å². The molecule has 0 radical (unpaired) electrons. The van der Waals surface area contributed by atoms with E-state index in [2.05, 4.69) is 68.0 Å². The SMILES string of the molecule is CCCCCCCCCCCCCCCCCCNC(O)=S.CCCCCCCCCCCCCCCCCCNC(O)=S.Cc1ccccc1. The molecule has 0 spiro atoms. The molecule has 0 aromatic heterocycles. The predicted molar refractivity (Wildman–Crippen MR) is 237 cm³/mol. The van der Waals surface area contributed by atoms with Gasteiger partial charge in [-0.25, -0.2) is 0 Å². The third-order valence-electron chi connectivity index (χ3n) is 9.55. The number of aryl methyl sites for hydroxylation is 1. The molecule has 1 aromatic rings. The number of rotatable bonds is 34. The van der Waals surface area contributed by atoms with Gasteiger partial charge < -0.3 is 20.8 Å². The number of hydrogen-bond acceptors (Lipinski definition) is 2. The van der Waals surface area contributed by atoms with Crippen molar-refractivity contribution in [1.29, 1.82) is 0 Å². The van der Waals surface area contributed by atoms with Crippen molar-refractivity contribution < 1.29 is 10.2 Å². The van der Waals surface area contributed by atoms with Crippen molar-refractivity contribution in [3.63, 3.8) is 0 Å². The van der Waals surface area contributed by atoms with Crippen LogP contribution in [0.3, 0.4) is 0 Å². The highest BCUT2D eigenvalue weighted by atomic mass is 32.1. The van der Waals surface area contributed by atoms with Crippen LogP contribution in [0.4, 0.5) is 0 Å². The molecule has 0 aliphatic rings. The molecule has 0 saturated heterocycles. The van der Waals surface area contributed by atoms with Crippen LogP contribution in [0.1, 0.15) is 225 Å². The van der Waals surface area contributed by atoms with Gasteiger partial charge in [0.1, 0.15) is 0 Å². The summed E-state index contributed by atoms with van der Waals surface area (Å²) in [7, 11) is 0. The van der Waals surface area contributed by atoms with Gasteiger partial charge in [-0.15, -0.1) is 0 Å². The van der Waals surface area contributed by atoms with E-state index >= 15 is 0 Å². The van der Waals surface area contributed by atoms with Gasteiger partial charge in [0.2, 0.25) is 0 Å². The molecule has 0 saturated carbocycles. The van der Waals surface area contributed by atoms with Gasteiger partial charge in [-0.1, -0.05) is 242 Å². The molecule has 4 nitrogen and oxygen atoms in total. The molecule has 0 amide bonds. The Morgan fingerprint density at radius 1 is 0.392 bits per heavy atom. The maximum absolute atomic E-state index is 8.80. The number of benzene rings is 1. The lowest BCUT2D eigenvalue weighted by atomic mass is 10.0. The summed E-state index contributed by atoms with van der Waals surface area (Å²) < 4.78 is 0. The Hall–Kier alpha value is -1.40. The zero-order valence-corrected chi connectivity index (χ0v) is 35.8. The molecule has 0 aliphatic carbocycles. The van der Waals surface area contributed by atoms with E-state index in [1.54, 1.807) is 0 Å². The maximum atomic E-state index is 8.80. The summed E-state index contributed by atoms with van der Waals surface area (Å²) in [5.41, 5.74) is 1.32. The van der Waals surface area contributed by atoms with E-state index in [-0.39, 0.29) is 10.3 Å². The number of nitrogens with one attached hydrogen (secondary N) is 2. The summed E-state index contributed by atoms with van der Waals surface area (Å²) >= 11 is 9.10. The van der Waals surface area contributed by atoms with Crippen molar-refractivity contribution in [2.24, 2.45) is 0 Å². The van der Waals surface area contributed by atoms with Crippen LogP contribution >= 0.6 is 24.4 Å². The summed E-state index contributed by atoms with van der Waals surface area (Å²) in [6, 6.07) is 10.3. The topological polar surface area (TPSA) is 64.5 Å². The minimum absolute atomic E-state index is 0.0686.